The lowest BCUT2D eigenvalue weighted by Crippen LogP contribution is -2.10. The van der Waals surface area contributed by atoms with E-state index in [4.69, 9.17) is 4.74 Å². The molecule has 0 aliphatic rings. The Labute approximate surface area is 162 Å². The van der Waals surface area contributed by atoms with Gasteiger partial charge < -0.3 is 10.1 Å². The average molecular weight is 373 g/mol. The maximum absolute atomic E-state index is 11.7. The Morgan fingerprint density at radius 2 is 1.93 bits per heavy atom. The number of methoxy groups -OCH3 is 1. The minimum absolute atomic E-state index is 0.0681. The van der Waals surface area contributed by atoms with Gasteiger partial charge in [-0.2, -0.15) is 4.98 Å². The van der Waals surface area contributed by atoms with E-state index in [0.29, 0.717) is 22.8 Å². The summed E-state index contributed by atoms with van der Waals surface area (Å²) in [7, 11) is 1.36. The molecule has 2 heterocycles. The monoisotopic (exact) mass is 373 g/mol. The van der Waals surface area contributed by atoms with Crippen LogP contribution < -0.4 is 5.32 Å². The minimum Gasteiger partial charge on any atom is -0.465 e. The number of aromatic nitrogens is 4. The van der Waals surface area contributed by atoms with Crippen molar-refractivity contribution >= 4 is 23.0 Å². The first-order chi connectivity index (χ1) is 13.7. The number of ether oxygens (including phenoxy) is 1. The molecule has 0 aliphatic heterocycles. The van der Waals surface area contributed by atoms with Crippen LogP contribution in [0.15, 0.2) is 67.1 Å². The molecule has 0 spiro atoms. The number of esters is 1. The van der Waals surface area contributed by atoms with Gasteiger partial charge in [-0.25, -0.2) is 14.8 Å². The zero-order valence-corrected chi connectivity index (χ0v) is 15.5. The van der Waals surface area contributed by atoms with E-state index in [0.717, 1.165) is 11.1 Å². The highest BCUT2D eigenvalue weighted by molar-refractivity contribution is 5.93. The van der Waals surface area contributed by atoms with Crippen molar-refractivity contribution < 1.29 is 9.53 Å². The molecular formula is C21H19N5O2. The van der Waals surface area contributed by atoms with Gasteiger partial charge in [-0.15, -0.1) is 0 Å². The number of nitrogens with one attached hydrogen (secondary N) is 1. The Kier molecular flexibility index (Phi) is 4.72. The summed E-state index contributed by atoms with van der Waals surface area (Å²) in [6, 6.07) is 17.2. The Hall–Kier alpha value is -3.74. The molecule has 7 nitrogen and oxygen atoms in total. The number of carbonyl (C=O) groups is 1. The SMILES string of the molecule is COC(=O)c1ccc2c(c1)ncn2-c1ccnc(N[C@@H](C)c2ccccc2)n1. The van der Waals surface area contributed by atoms with Gasteiger partial charge in [0.2, 0.25) is 5.95 Å². The molecule has 28 heavy (non-hydrogen) atoms. The summed E-state index contributed by atoms with van der Waals surface area (Å²) in [5, 5.41) is 3.32. The predicted octanol–water partition coefficient (Wildman–Crippen LogP) is 3.78. The minimum atomic E-state index is -0.389. The molecule has 0 fully saturated rings. The van der Waals surface area contributed by atoms with E-state index in [2.05, 4.69) is 39.3 Å². The summed E-state index contributed by atoms with van der Waals surface area (Å²) in [6.07, 6.45) is 3.38. The molecule has 0 bridgehead atoms. The second-order valence-corrected chi connectivity index (χ2v) is 6.32. The predicted molar refractivity (Wildman–Crippen MR) is 106 cm³/mol. The molecule has 7 heteroatoms. The van der Waals surface area contributed by atoms with Crippen LogP contribution in [0.1, 0.15) is 28.9 Å². The summed E-state index contributed by atoms with van der Waals surface area (Å²) in [5.41, 5.74) is 3.14. The fraction of sp³-hybridized carbons (Fsp3) is 0.143. The molecule has 2 aromatic heterocycles. The fourth-order valence-corrected chi connectivity index (χ4v) is 3.01. The third kappa shape index (κ3) is 3.42. The van der Waals surface area contributed by atoms with Crippen molar-refractivity contribution in [3.63, 3.8) is 0 Å². The van der Waals surface area contributed by atoms with E-state index in [-0.39, 0.29) is 12.0 Å². The van der Waals surface area contributed by atoms with Crippen molar-refractivity contribution in [3.8, 4) is 5.82 Å². The number of anilines is 1. The smallest absolute Gasteiger partial charge is 0.337 e. The van der Waals surface area contributed by atoms with Crippen LogP contribution in [0.2, 0.25) is 0 Å². The zero-order chi connectivity index (χ0) is 19.5. The average Bonchev–Trinajstić information content (AvgIpc) is 3.17. The van der Waals surface area contributed by atoms with Gasteiger partial charge in [-0.05, 0) is 36.8 Å². The van der Waals surface area contributed by atoms with Crippen LogP contribution in [0.25, 0.3) is 16.9 Å². The topological polar surface area (TPSA) is 81.9 Å². The second-order valence-electron chi connectivity index (χ2n) is 6.32. The largest absolute Gasteiger partial charge is 0.465 e. The fourth-order valence-electron chi connectivity index (χ4n) is 3.01. The van der Waals surface area contributed by atoms with Crippen LogP contribution in [0.3, 0.4) is 0 Å². The van der Waals surface area contributed by atoms with Crippen LogP contribution in [0.4, 0.5) is 5.95 Å². The van der Waals surface area contributed by atoms with Gasteiger partial charge in [-0.3, -0.25) is 4.57 Å². The molecule has 0 radical (unpaired) electrons. The molecular weight excluding hydrogens is 354 g/mol. The van der Waals surface area contributed by atoms with Gasteiger partial charge in [0, 0.05) is 6.20 Å². The van der Waals surface area contributed by atoms with Crippen LogP contribution >= 0.6 is 0 Å². The first kappa shape index (κ1) is 17.7. The third-order valence-corrected chi connectivity index (χ3v) is 4.50. The Morgan fingerprint density at radius 1 is 1.11 bits per heavy atom. The number of imidazole rings is 1. The van der Waals surface area contributed by atoms with Gasteiger partial charge in [0.05, 0.1) is 29.7 Å². The summed E-state index contributed by atoms with van der Waals surface area (Å²) in [4.78, 5) is 25.0. The van der Waals surface area contributed by atoms with Gasteiger partial charge in [0.1, 0.15) is 12.1 Å². The highest BCUT2D eigenvalue weighted by Crippen LogP contribution is 2.21. The van der Waals surface area contributed by atoms with E-state index in [1.807, 2.05) is 34.9 Å². The van der Waals surface area contributed by atoms with Crippen molar-refractivity contribution in [2.75, 3.05) is 12.4 Å². The second kappa shape index (κ2) is 7.48. The van der Waals surface area contributed by atoms with Gasteiger partial charge >= 0.3 is 5.97 Å². The van der Waals surface area contributed by atoms with Gasteiger partial charge in [0.15, 0.2) is 0 Å². The zero-order valence-electron chi connectivity index (χ0n) is 15.5. The third-order valence-electron chi connectivity index (χ3n) is 4.50. The number of benzene rings is 2. The van der Waals surface area contributed by atoms with Crippen LogP contribution in [0, 0.1) is 0 Å². The lowest BCUT2D eigenvalue weighted by molar-refractivity contribution is 0.0601. The van der Waals surface area contributed by atoms with E-state index in [9.17, 15) is 4.79 Å². The highest BCUT2D eigenvalue weighted by Gasteiger charge is 2.12. The molecule has 0 amide bonds. The quantitative estimate of drug-likeness (QED) is 0.536. The molecule has 4 rings (SSSR count). The van der Waals surface area contributed by atoms with Crippen molar-refractivity contribution in [2.45, 2.75) is 13.0 Å². The first-order valence-electron chi connectivity index (χ1n) is 8.86. The number of carbonyl (C=O) groups excluding carboxylic acids is 1. The highest BCUT2D eigenvalue weighted by atomic mass is 16.5. The Morgan fingerprint density at radius 3 is 2.71 bits per heavy atom. The van der Waals surface area contributed by atoms with Crippen molar-refractivity contribution in [1.82, 2.24) is 19.5 Å². The lowest BCUT2D eigenvalue weighted by atomic mass is 10.1. The van der Waals surface area contributed by atoms with E-state index in [1.165, 1.54) is 7.11 Å². The van der Waals surface area contributed by atoms with E-state index in [1.54, 1.807) is 24.7 Å². The summed E-state index contributed by atoms with van der Waals surface area (Å²) in [6.45, 7) is 2.06. The molecule has 0 aliphatic carbocycles. The number of rotatable bonds is 5. The molecule has 4 aromatic rings. The molecule has 140 valence electrons. The molecule has 0 unspecified atom stereocenters. The summed E-state index contributed by atoms with van der Waals surface area (Å²) in [5.74, 6) is 0.827. The van der Waals surface area contributed by atoms with Crippen LogP contribution in [-0.4, -0.2) is 32.6 Å². The molecule has 0 saturated heterocycles. The molecule has 1 atom stereocenters. The van der Waals surface area contributed by atoms with Crippen molar-refractivity contribution in [2.24, 2.45) is 0 Å². The van der Waals surface area contributed by atoms with Crippen LogP contribution in [-0.2, 0) is 4.74 Å². The summed E-state index contributed by atoms with van der Waals surface area (Å²) >= 11 is 0. The normalized spacial score (nSPS) is 11.9. The van der Waals surface area contributed by atoms with Crippen LogP contribution in [0.5, 0.6) is 0 Å². The number of hydrogen-bond acceptors (Lipinski definition) is 6. The maximum atomic E-state index is 11.7. The first-order valence-corrected chi connectivity index (χ1v) is 8.86. The Bertz CT molecular complexity index is 1120. The number of nitrogens with zero attached hydrogens (tertiary/aromatic N) is 4. The van der Waals surface area contributed by atoms with Crippen molar-refractivity contribution in [3.05, 3.63) is 78.2 Å². The van der Waals surface area contributed by atoms with Crippen molar-refractivity contribution in [1.29, 1.82) is 0 Å². The molecule has 0 saturated carbocycles. The number of fused-ring (bicyclic) bond motifs is 1. The Balaban J connectivity index is 1.63. The molecule has 2 aromatic carbocycles. The lowest BCUT2D eigenvalue weighted by Gasteiger charge is -2.14. The maximum Gasteiger partial charge on any atom is 0.337 e. The van der Waals surface area contributed by atoms with Gasteiger partial charge in [-0.1, -0.05) is 30.3 Å². The van der Waals surface area contributed by atoms with E-state index >= 15 is 0 Å². The standard InChI is InChI=1S/C21H19N5O2/c1-14(15-6-4-3-5-7-15)24-21-22-11-10-19(25-21)26-13-23-17-12-16(20(27)28-2)8-9-18(17)26/h3-14H,1-2H3,(H,22,24,25)/t14-/m0/s1. The van der Waals surface area contributed by atoms with E-state index < -0.39 is 0 Å². The number of hydrogen-bond donors (Lipinski definition) is 1. The molecule has 1 N–H and O–H groups in total. The summed E-state index contributed by atoms with van der Waals surface area (Å²) < 4.78 is 6.62. The van der Waals surface area contributed by atoms with Gasteiger partial charge in [0.25, 0.3) is 0 Å².